The number of amides is 1. The Morgan fingerprint density at radius 1 is 0.453 bits per heavy atom. The summed E-state index contributed by atoms with van der Waals surface area (Å²) < 4.78 is 30.7. The van der Waals surface area contributed by atoms with Crippen LogP contribution >= 0.6 is 7.82 Å². The molecule has 446 valence electrons. The van der Waals surface area contributed by atoms with Crippen LogP contribution in [-0.4, -0.2) is 74.3 Å². The van der Waals surface area contributed by atoms with Crippen molar-refractivity contribution in [3.63, 3.8) is 0 Å². The molecule has 0 aromatic heterocycles. The minimum atomic E-state index is -4.44. The number of phosphoric ester groups is 1. The second kappa shape index (κ2) is 56.0. The van der Waals surface area contributed by atoms with Gasteiger partial charge in [-0.1, -0.05) is 309 Å². The van der Waals surface area contributed by atoms with Crippen LogP contribution in [-0.2, 0) is 27.9 Å². The van der Waals surface area contributed by atoms with Crippen molar-refractivity contribution in [1.82, 2.24) is 5.32 Å². The molecule has 0 heterocycles. The number of carbonyl (C=O) groups excluding carboxylic acids is 2. The van der Waals surface area contributed by atoms with Gasteiger partial charge in [-0.3, -0.25) is 18.6 Å². The summed E-state index contributed by atoms with van der Waals surface area (Å²) in [5.74, 6) is -0.486. The number of carbonyl (C=O) groups is 2. The zero-order valence-electron chi connectivity index (χ0n) is 51.1. The minimum Gasteiger partial charge on any atom is -0.456 e. The molecule has 10 heteroatoms. The van der Waals surface area contributed by atoms with Gasteiger partial charge in [-0.05, 0) is 31.8 Å². The molecule has 1 amide bonds. The number of rotatable bonds is 61. The molecule has 0 aliphatic heterocycles. The van der Waals surface area contributed by atoms with Crippen molar-refractivity contribution in [2.24, 2.45) is 0 Å². The lowest BCUT2D eigenvalue weighted by atomic mass is 10.0. The lowest BCUT2D eigenvalue weighted by molar-refractivity contribution is -0.870. The van der Waals surface area contributed by atoms with Crippen molar-refractivity contribution in [2.45, 2.75) is 354 Å². The van der Waals surface area contributed by atoms with Crippen LogP contribution in [0.5, 0.6) is 0 Å². The van der Waals surface area contributed by atoms with Crippen LogP contribution in [0.15, 0.2) is 12.2 Å². The summed E-state index contributed by atoms with van der Waals surface area (Å²) >= 11 is 0. The molecule has 0 aliphatic rings. The number of unbranched alkanes of at least 4 members (excludes halogenated alkanes) is 45. The lowest BCUT2D eigenvalue weighted by Crippen LogP contribution is -2.47. The van der Waals surface area contributed by atoms with E-state index in [2.05, 4.69) is 26.1 Å². The van der Waals surface area contributed by atoms with Crippen LogP contribution in [0.1, 0.15) is 342 Å². The predicted octanol–water partition coefficient (Wildman–Crippen LogP) is 20.3. The highest BCUT2D eigenvalue weighted by atomic mass is 31.2. The fourth-order valence-electron chi connectivity index (χ4n) is 10.1. The van der Waals surface area contributed by atoms with E-state index in [-0.39, 0.29) is 25.1 Å². The van der Waals surface area contributed by atoms with Gasteiger partial charge in [0, 0.05) is 12.8 Å². The molecule has 0 aromatic rings. The van der Waals surface area contributed by atoms with E-state index in [1.54, 1.807) is 0 Å². The molecule has 0 saturated heterocycles. The summed E-state index contributed by atoms with van der Waals surface area (Å²) in [5, 5.41) is 3.06. The van der Waals surface area contributed by atoms with Gasteiger partial charge in [0.15, 0.2) is 0 Å². The predicted molar refractivity (Wildman–Crippen MR) is 323 cm³/mol. The number of hydrogen-bond acceptors (Lipinski definition) is 6. The zero-order chi connectivity index (χ0) is 55.0. The normalized spacial score (nSPS) is 13.6. The molecular weight excluding hydrogens is 952 g/mol. The van der Waals surface area contributed by atoms with Crippen molar-refractivity contribution in [2.75, 3.05) is 40.9 Å². The molecule has 0 aliphatic carbocycles. The van der Waals surface area contributed by atoms with E-state index in [0.717, 1.165) is 57.8 Å². The Morgan fingerprint density at radius 2 is 0.760 bits per heavy atom. The van der Waals surface area contributed by atoms with Crippen molar-refractivity contribution in [1.29, 1.82) is 0 Å². The third-order valence-electron chi connectivity index (χ3n) is 15.2. The Balaban J connectivity index is 4.87. The quantitative estimate of drug-likeness (QED) is 0.0205. The van der Waals surface area contributed by atoms with Crippen molar-refractivity contribution < 1.29 is 37.3 Å². The highest BCUT2D eigenvalue weighted by Gasteiger charge is 2.30. The Morgan fingerprint density at radius 3 is 1.09 bits per heavy atom. The van der Waals surface area contributed by atoms with Crippen molar-refractivity contribution in [3.05, 3.63) is 12.2 Å². The van der Waals surface area contributed by atoms with Crippen molar-refractivity contribution in [3.8, 4) is 0 Å². The first-order valence-corrected chi connectivity index (χ1v) is 34.5. The molecule has 3 unspecified atom stereocenters. The van der Waals surface area contributed by atoms with E-state index < -0.39 is 20.0 Å². The molecule has 0 radical (unpaired) electrons. The average molecular weight is 1080 g/mol. The first-order chi connectivity index (χ1) is 36.4. The highest BCUT2D eigenvalue weighted by molar-refractivity contribution is 7.47. The van der Waals surface area contributed by atoms with Gasteiger partial charge in [-0.15, -0.1) is 0 Å². The number of quaternary nitrogens is 1. The smallest absolute Gasteiger partial charge is 0.456 e. The Kier molecular flexibility index (Phi) is 55.1. The number of nitrogens with one attached hydrogen (secondary N) is 1. The van der Waals surface area contributed by atoms with E-state index >= 15 is 0 Å². The second-order valence-electron chi connectivity index (χ2n) is 24.0. The zero-order valence-corrected chi connectivity index (χ0v) is 52.0. The number of esters is 1. The molecule has 9 nitrogen and oxygen atoms in total. The highest BCUT2D eigenvalue weighted by Crippen LogP contribution is 2.43. The third-order valence-corrected chi connectivity index (χ3v) is 16.2. The first-order valence-electron chi connectivity index (χ1n) is 33.0. The van der Waals surface area contributed by atoms with E-state index in [4.69, 9.17) is 13.8 Å². The Hall–Kier alpha value is -1.25. The van der Waals surface area contributed by atoms with Gasteiger partial charge in [0.25, 0.3) is 0 Å². The van der Waals surface area contributed by atoms with Crippen LogP contribution in [0.2, 0.25) is 0 Å². The topological polar surface area (TPSA) is 111 Å². The van der Waals surface area contributed by atoms with Gasteiger partial charge in [-0.25, -0.2) is 4.57 Å². The molecule has 3 atom stereocenters. The van der Waals surface area contributed by atoms with E-state index in [1.807, 2.05) is 33.3 Å². The number of likely N-dealkylation sites (N-methyl/N-ethyl adjacent to an activating group) is 1. The van der Waals surface area contributed by atoms with Crippen LogP contribution in [0.3, 0.4) is 0 Å². The maximum Gasteiger partial charge on any atom is 0.472 e. The van der Waals surface area contributed by atoms with E-state index in [1.165, 1.54) is 250 Å². The number of phosphoric acid groups is 1. The third kappa shape index (κ3) is 57.3. The maximum atomic E-state index is 13.5. The van der Waals surface area contributed by atoms with Crippen LogP contribution in [0.25, 0.3) is 0 Å². The van der Waals surface area contributed by atoms with Gasteiger partial charge in [0.05, 0.1) is 33.8 Å². The minimum absolute atomic E-state index is 0.0456. The van der Waals surface area contributed by atoms with Gasteiger partial charge in [0.2, 0.25) is 5.91 Å². The van der Waals surface area contributed by atoms with Crippen molar-refractivity contribution >= 4 is 19.7 Å². The first kappa shape index (κ1) is 73.8. The standard InChI is InChI=1S/C65H129N2O7P/c1-7-10-13-16-19-22-25-26-27-28-29-30-31-32-33-34-35-36-37-38-39-40-43-45-48-51-54-57-64(68)66-62(61-73-75(70,71)72-60-59-67(4,5)6)63(56-53-50-47-44-41-23-20-17-14-11-8-2)74-65(69)58-55-52-49-46-42-24-21-18-15-12-9-3/h53,56,62-63H,7-52,54-55,57-61H2,1-6H3,(H-,66,68,70,71)/p+1/b56-53-. The van der Waals surface area contributed by atoms with Gasteiger partial charge in [-0.2, -0.15) is 0 Å². The largest absolute Gasteiger partial charge is 0.472 e. The fourth-order valence-corrected chi connectivity index (χ4v) is 10.9. The summed E-state index contributed by atoms with van der Waals surface area (Å²) in [4.78, 5) is 37.6. The Bertz CT molecular complexity index is 1290. The molecule has 0 aromatic carbocycles. The van der Waals surface area contributed by atoms with Gasteiger partial charge >= 0.3 is 13.8 Å². The van der Waals surface area contributed by atoms with Crippen LogP contribution < -0.4 is 5.32 Å². The molecule has 0 spiro atoms. The fraction of sp³-hybridized carbons (Fsp3) is 0.938. The summed E-state index contributed by atoms with van der Waals surface area (Å²) in [6.45, 7) is 7.05. The van der Waals surface area contributed by atoms with E-state index in [9.17, 15) is 19.0 Å². The van der Waals surface area contributed by atoms with E-state index in [0.29, 0.717) is 23.9 Å². The summed E-state index contributed by atoms with van der Waals surface area (Å²) in [6, 6.07) is -0.838. The summed E-state index contributed by atoms with van der Waals surface area (Å²) in [5.41, 5.74) is 0. The second-order valence-corrected chi connectivity index (χ2v) is 25.5. The number of allylic oxidation sites excluding steroid dienone is 1. The molecule has 0 fully saturated rings. The van der Waals surface area contributed by atoms with Crippen LogP contribution in [0, 0.1) is 0 Å². The Labute approximate surface area is 467 Å². The number of hydrogen-bond donors (Lipinski definition) is 2. The van der Waals surface area contributed by atoms with Gasteiger partial charge in [0.1, 0.15) is 19.3 Å². The lowest BCUT2D eigenvalue weighted by Gasteiger charge is -2.27. The molecule has 0 rings (SSSR count). The average Bonchev–Trinajstić information content (AvgIpc) is 3.37. The molecule has 75 heavy (non-hydrogen) atoms. The van der Waals surface area contributed by atoms with Gasteiger partial charge < -0.3 is 19.4 Å². The SMILES string of the molecule is CCCCCCCCCCC/C=C\C(OC(=O)CCCCCCCCCCCCC)C(COP(=O)(O)OCC[N+](C)(C)C)NC(=O)CCCCCCCCCCCCCCCCCCCCCCCCCCCCC. The summed E-state index contributed by atoms with van der Waals surface area (Å²) in [6.07, 6.45) is 65.2. The molecule has 0 saturated carbocycles. The number of nitrogens with zero attached hydrogens (tertiary/aromatic N) is 1. The molecule has 0 bridgehead atoms. The van der Waals surface area contributed by atoms with Crippen LogP contribution in [0.4, 0.5) is 0 Å². The molecule has 2 N–H and O–H groups in total. The maximum absolute atomic E-state index is 13.5. The molecular formula is C65H130N2O7P+. The monoisotopic (exact) mass is 1080 g/mol. The number of ether oxygens (including phenoxy) is 1. The summed E-state index contributed by atoms with van der Waals surface area (Å²) in [7, 11) is 1.52.